The minimum absolute atomic E-state index is 0.0491. The van der Waals surface area contributed by atoms with Crippen LogP contribution in [-0.2, 0) is 13.5 Å². The van der Waals surface area contributed by atoms with Crippen molar-refractivity contribution in [3.63, 3.8) is 0 Å². The molecule has 0 unspecified atom stereocenters. The van der Waals surface area contributed by atoms with Gasteiger partial charge in [-0.2, -0.15) is 4.57 Å². The molecule has 1 heterocycles. The standard InChI is InChI=1S/C25H20N2O/c1-27-21-12-5-4-11-20(21)24(26)23-22(27)14-13-18(25(23)28)15-17-9-6-8-16-7-2-3-10-19(16)17/h2-12,15,26H,13-14H2,1H3/p+1. The number of aromatic nitrogens is 1. The predicted molar refractivity (Wildman–Crippen MR) is 114 cm³/mol. The highest BCUT2D eigenvalue weighted by molar-refractivity contribution is 6.18. The van der Waals surface area contributed by atoms with Gasteiger partial charge in [0.15, 0.2) is 11.5 Å². The van der Waals surface area contributed by atoms with Gasteiger partial charge in [0.2, 0.25) is 5.52 Å². The lowest BCUT2D eigenvalue weighted by molar-refractivity contribution is -0.653. The summed E-state index contributed by atoms with van der Waals surface area (Å²) in [5, 5.41) is 3.27. The molecule has 0 fully saturated rings. The Hall–Kier alpha value is -3.46. The zero-order valence-corrected chi connectivity index (χ0v) is 15.8. The number of rotatable bonds is 1. The Morgan fingerprint density at radius 2 is 1.61 bits per heavy atom. The highest BCUT2D eigenvalue weighted by Crippen LogP contribution is 2.33. The van der Waals surface area contributed by atoms with Crippen LogP contribution in [0, 0.1) is 0 Å². The number of Topliss-reactive ketones (excluding diaryl/α,β-unsaturated/α-hetero) is 1. The summed E-state index contributed by atoms with van der Waals surface area (Å²) in [7, 11) is 2.02. The molecule has 0 atom stereocenters. The molecule has 5 rings (SSSR count). The van der Waals surface area contributed by atoms with Crippen LogP contribution in [0.2, 0.25) is 0 Å². The molecule has 0 radical (unpaired) electrons. The normalized spacial score (nSPS) is 15.3. The van der Waals surface area contributed by atoms with Crippen molar-refractivity contribution >= 4 is 39.2 Å². The van der Waals surface area contributed by atoms with Gasteiger partial charge < -0.3 is 5.73 Å². The van der Waals surface area contributed by atoms with Crippen LogP contribution in [0.1, 0.15) is 28.0 Å². The van der Waals surface area contributed by atoms with Crippen LogP contribution in [0.5, 0.6) is 0 Å². The van der Waals surface area contributed by atoms with Gasteiger partial charge in [-0.15, -0.1) is 0 Å². The van der Waals surface area contributed by atoms with Crippen molar-refractivity contribution in [3.05, 3.63) is 89.1 Å². The summed E-state index contributed by atoms with van der Waals surface area (Å²) < 4.78 is 2.12. The first kappa shape index (κ1) is 16.7. The number of nitrogens with zero attached hydrogens (tertiary/aromatic N) is 1. The van der Waals surface area contributed by atoms with Gasteiger partial charge in [-0.25, -0.2) is 0 Å². The number of carbonyl (C=O) groups is 1. The summed E-state index contributed by atoms with van der Waals surface area (Å²) in [6.45, 7) is 0. The third-order valence-electron chi connectivity index (χ3n) is 5.82. The molecule has 136 valence electrons. The number of aryl methyl sites for hydroxylation is 1. The Bertz CT molecular complexity index is 1300. The summed E-state index contributed by atoms with van der Waals surface area (Å²) >= 11 is 0. The number of carbonyl (C=O) groups excluding carboxylic acids is 1. The van der Waals surface area contributed by atoms with E-state index in [0.717, 1.165) is 46.0 Å². The molecule has 3 aromatic carbocycles. The van der Waals surface area contributed by atoms with Crippen molar-refractivity contribution in [3.8, 4) is 0 Å². The highest BCUT2D eigenvalue weighted by Gasteiger charge is 2.32. The monoisotopic (exact) mass is 365 g/mol. The fraction of sp³-hybridized carbons (Fsp3) is 0.120. The quantitative estimate of drug-likeness (QED) is 0.395. The number of fused-ring (bicyclic) bond motifs is 3. The van der Waals surface area contributed by atoms with E-state index in [9.17, 15) is 4.79 Å². The van der Waals surface area contributed by atoms with E-state index in [2.05, 4.69) is 34.9 Å². The van der Waals surface area contributed by atoms with Crippen molar-refractivity contribution in [1.82, 2.24) is 0 Å². The van der Waals surface area contributed by atoms with Gasteiger partial charge in [-0.05, 0) is 34.9 Å². The van der Waals surface area contributed by atoms with Crippen LogP contribution in [0.25, 0.3) is 27.8 Å². The first-order chi connectivity index (χ1) is 13.6. The lowest BCUT2D eigenvalue weighted by Crippen LogP contribution is -2.39. The maximum absolute atomic E-state index is 13.4. The molecule has 3 nitrogen and oxygen atoms in total. The smallest absolute Gasteiger partial charge is 0.214 e. The van der Waals surface area contributed by atoms with Crippen molar-refractivity contribution in [2.75, 3.05) is 5.73 Å². The van der Waals surface area contributed by atoms with Crippen LogP contribution in [0.15, 0.2) is 72.3 Å². The van der Waals surface area contributed by atoms with Crippen molar-refractivity contribution in [2.45, 2.75) is 12.8 Å². The number of anilines is 1. The van der Waals surface area contributed by atoms with Crippen molar-refractivity contribution < 1.29 is 9.36 Å². The number of pyridine rings is 1. The zero-order valence-electron chi connectivity index (χ0n) is 15.8. The minimum Gasteiger partial charge on any atom is -0.397 e. The molecule has 0 saturated heterocycles. The summed E-state index contributed by atoms with van der Waals surface area (Å²) in [4.78, 5) is 13.4. The highest BCUT2D eigenvalue weighted by atomic mass is 16.1. The number of ketones is 1. The maximum atomic E-state index is 13.4. The number of benzene rings is 3. The Labute approximate surface area is 163 Å². The van der Waals surface area contributed by atoms with Crippen LogP contribution >= 0.6 is 0 Å². The second kappa shape index (κ2) is 6.31. The Morgan fingerprint density at radius 1 is 0.893 bits per heavy atom. The van der Waals surface area contributed by atoms with Gasteiger partial charge in [-0.1, -0.05) is 54.6 Å². The third-order valence-corrected chi connectivity index (χ3v) is 5.82. The molecule has 1 aliphatic carbocycles. The molecule has 1 aromatic heterocycles. The van der Waals surface area contributed by atoms with E-state index >= 15 is 0 Å². The Kier molecular flexibility index (Phi) is 3.76. The van der Waals surface area contributed by atoms with E-state index in [4.69, 9.17) is 5.73 Å². The largest absolute Gasteiger partial charge is 0.397 e. The fourth-order valence-corrected chi connectivity index (χ4v) is 4.37. The molecule has 0 spiro atoms. The van der Waals surface area contributed by atoms with Crippen molar-refractivity contribution in [1.29, 1.82) is 0 Å². The van der Waals surface area contributed by atoms with Gasteiger partial charge in [0.25, 0.3) is 0 Å². The van der Waals surface area contributed by atoms with E-state index in [0.29, 0.717) is 11.3 Å². The summed E-state index contributed by atoms with van der Waals surface area (Å²) in [6.07, 6.45) is 3.58. The number of allylic oxidation sites excluding steroid dienone is 1. The van der Waals surface area contributed by atoms with Crippen molar-refractivity contribution in [2.24, 2.45) is 7.05 Å². The summed E-state index contributed by atoms with van der Waals surface area (Å²) in [5.74, 6) is 0.0491. The van der Waals surface area contributed by atoms with E-state index in [1.54, 1.807) is 0 Å². The first-order valence-corrected chi connectivity index (χ1v) is 9.57. The molecule has 4 aromatic rings. The maximum Gasteiger partial charge on any atom is 0.214 e. The summed E-state index contributed by atoms with van der Waals surface area (Å²) in [6, 6.07) is 22.5. The number of hydrogen-bond acceptors (Lipinski definition) is 2. The van der Waals surface area contributed by atoms with Crippen LogP contribution in [-0.4, -0.2) is 5.78 Å². The first-order valence-electron chi connectivity index (χ1n) is 9.57. The Morgan fingerprint density at radius 3 is 2.46 bits per heavy atom. The molecule has 0 amide bonds. The predicted octanol–water partition coefficient (Wildman–Crippen LogP) is 4.61. The SMILES string of the molecule is C[n+]1c2c(c(N)c3ccccc31)C(=O)C(=Cc1cccc3ccccc13)CC2. The lowest BCUT2D eigenvalue weighted by Gasteiger charge is -2.19. The average molecular weight is 365 g/mol. The molecule has 0 aliphatic heterocycles. The average Bonchev–Trinajstić information content (AvgIpc) is 2.73. The molecule has 0 bridgehead atoms. The molecular formula is C25H21N2O+. The van der Waals surface area contributed by atoms with Gasteiger partial charge in [-0.3, -0.25) is 4.79 Å². The van der Waals surface area contributed by atoms with E-state index in [-0.39, 0.29) is 5.78 Å². The lowest BCUT2D eigenvalue weighted by atomic mass is 9.86. The minimum atomic E-state index is 0.0491. The second-order valence-corrected chi connectivity index (χ2v) is 7.38. The number of para-hydroxylation sites is 1. The van der Waals surface area contributed by atoms with E-state index < -0.39 is 0 Å². The summed E-state index contributed by atoms with van der Waals surface area (Å²) in [5.41, 5.74) is 11.7. The van der Waals surface area contributed by atoms with E-state index in [1.807, 2.05) is 49.5 Å². The van der Waals surface area contributed by atoms with Gasteiger partial charge >= 0.3 is 0 Å². The molecule has 3 heteroatoms. The number of nitrogen functional groups attached to an aromatic ring is 1. The molecule has 2 N–H and O–H groups in total. The van der Waals surface area contributed by atoms with Crippen LogP contribution in [0.4, 0.5) is 5.69 Å². The molecule has 1 aliphatic rings. The third kappa shape index (κ3) is 2.43. The Balaban J connectivity index is 1.69. The molecule has 0 saturated carbocycles. The van der Waals surface area contributed by atoms with Gasteiger partial charge in [0, 0.05) is 18.1 Å². The molecule has 28 heavy (non-hydrogen) atoms. The topological polar surface area (TPSA) is 47.0 Å². The second-order valence-electron chi connectivity index (χ2n) is 7.38. The van der Waals surface area contributed by atoms with Crippen LogP contribution in [0.3, 0.4) is 0 Å². The van der Waals surface area contributed by atoms with Gasteiger partial charge in [0.1, 0.15) is 12.6 Å². The molecular weight excluding hydrogens is 344 g/mol. The number of nitrogens with two attached hydrogens (primary N) is 1. The van der Waals surface area contributed by atoms with Crippen LogP contribution < -0.4 is 10.3 Å². The van der Waals surface area contributed by atoms with E-state index in [1.165, 1.54) is 5.39 Å². The van der Waals surface area contributed by atoms with Gasteiger partial charge in [0.05, 0.1) is 11.1 Å². The zero-order chi connectivity index (χ0) is 19.3. The number of hydrogen-bond donors (Lipinski definition) is 1. The fourth-order valence-electron chi connectivity index (χ4n) is 4.37.